The molecule has 1 heterocycles. The van der Waals surface area contributed by atoms with Gasteiger partial charge in [-0.05, 0) is 30.5 Å². The van der Waals surface area contributed by atoms with Crippen LogP contribution >= 0.6 is 0 Å². The number of carbonyl (C=O) groups excluding carboxylic acids is 2. The van der Waals surface area contributed by atoms with Crippen LogP contribution in [-0.4, -0.2) is 24.0 Å². The third kappa shape index (κ3) is 3.33. The Hall–Kier alpha value is -2.08. The fraction of sp³-hybridized carbons (Fsp3) is 0.467. The van der Waals surface area contributed by atoms with E-state index < -0.39 is 12.1 Å². The van der Waals surface area contributed by atoms with Gasteiger partial charge >= 0.3 is 0 Å². The summed E-state index contributed by atoms with van der Waals surface area (Å²) in [4.78, 5) is 23.7. The third-order valence-electron chi connectivity index (χ3n) is 3.39. The smallest absolute Gasteiger partial charge is 0.265 e. The van der Waals surface area contributed by atoms with Gasteiger partial charge in [0, 0.05) is 5.69 Å². The van der Waals surface area contributed by atoms with Crippen molar-refractivity contribution in [2.24, 2.45) is 11.1 Å². The molecule has 2 amide bonds. The predicted molar refractivity (Wildman–Crippen MR) is 81.2 cm³/mol. The van der Waals surface area contributed by atoms with Crippen LogP contribution in [0, 0.1) is 5.41 Å². The Morgan fingerprint density at radius 2 is 2.10 bits per heavy atom. The summed E-state index contributed by atoms with van der Waals surface area (Å²) in [5, 5.41) is 5.49. The number of anilines is 2. The van der Waals surface area contributed by atoms with Crippen LogP contribution in [0.25, 0.3) is 0 Å². The SMILES string of the molecule is CC1Oc2ccc(NC(=O)[C@@H](N)C(C)(C)C)cc2NC1=O. The van der Waals surface area contributed by atoms with E-state index in [9.17, 15) is 9.59 Å². The fourth-order valence-electron chi connectivity index (χ4n) is 1.90. The largest absolute Gasteiger partial charge is 0.479 e. The molecule has 0 aromatic heterocycles. The van der Waals surface area contributed by atoms with E-state index in [1.54, 1.807) is 25.1 Å². The molecule has 2 atom stereocenters. The number of rotatable bonds is 2. The summed E-state index contributed by atoms with van der Waals surface area (Å²) in [6.45, 7) is 7.38. The van der Waals surface area contributed by atoms with Crippen LogP contribution in [0.2, 0.25) is 0 Å². The molecule has 4 N–H and O–H groups in total. The lowest BCUT2D eigenvalue weighted by Crippen LogP contribution is -2.45. The standard InChI is InChI=1S/C15H21N3O3/c1-8-13(19)18-10-7-9(5-6-11(10)21-8)17-14(20)12(16)15(2,3)4/h5-8,12H,16H2,1-4H3,(H,17,20)(H,18,19)/t8?,12-/m1/s1. The molecule has 1 unspecified atom stereocenters. The Morgan fingerprint density at radius 3 is 2.71 bits per heavy atom. The molecule has 21 heavy (non-hydrogen) atoms. The molecule has 0 saturated carbocycles. The second-order valence-electron chi connectivity index (χ2n) is 6.29. The van der Waals surface area contributed by atoms with Crippen LogP contribution in [0.5, 0.6) is 5.75 Å². The van der Waals surface area contributed by atoms with Crippen LogP contribution in [0.15, 0.2) is 18.2 Å². The Kier molecular flexibility index (Phi) is 3.91. The van der Waals surface area contributed by atoms with Crippen molar-refractivity contribution >= 4 is 23.2 Å². The third-order valence-corrected chi connectivity index (χ3v) is 3.39. The number of ether oxygens (including phenoxy) is 1. The van der Waals surface area contributed by atoms with Crippen molar-refractivity contribution in [1.29, 1.82) is 0 Å². The lowest BCUT2D eigenvalue weighted by Gasteiger charge is -2.26. The van der Waals surface area contributed by atoms with E-state index in [-0.39, 0.29) is 17.2 Å². The highest BCUT2D eigenvalue weighted by molar-refractivity contribution is 6.00. The summed E-state index contributed by atoms with van der Waals surface area (Å²) in [6.07, 6.45) is -0.521. The van der Waals surface area contributed by atoms with Gasteiger partial charge in [-0.1, -0.05) is 20.8 Å². The summed E-state index contributed by atoms with van der Waals surface area (Å²) in [5.41, 5.74) is 6.69. The van der Waals surface area contributed by atoms with Gasteiger partial charge < -0.3 is 21.1 Å². The first-order valence-corrected chi connectivity index (χ1v) is 6.86. The number of hydrogen-bond donors (Lipinski definition) is 3. The molecule has 1 aromatic rings. The molecule has 1 aliphatic rings. The molecule has 0 spiro atoms. The lowest BCUT2D eigenvalue weighted by molar-refractivity contribution is -0.122. The Morgan fingerprint density at radius 1 is 1.43 bits per heavy atom. The highest BCUT2D eigenvalue weighted by Crippen LogP contribution is 2.32. The minimum absolute atomic E-state index is 0.211. The molecule has 6 nitrogen and oxygen atoms in total. The number of fused-ring (bicyclic) bond motifs is 1. The fourth-order valence-corrected chi connectivity index (χ4v) is 1.90. The minimum Gasteiger partial charge on any atom is -0.479 e. The normalized spacial score (nSPS) is 19.1. The number of nitrogens with two attached hydrogens (primary N) is 1. The van der Waals surface area contributed by atoms with E-state index in [1.807, 2.05) is 20.8 Å². The zero-order valence-electron chi connectivity index (χ0n) is 12.7. The van der Waals surface area contributed by atoms with E-state index in [1.165, 1.54) is 0 Å². The predicted octanol–water partition coefficient (Wildman–Crippen LogP) is 1.72. The molecular weight excluding hydrogens is 270 g/mol. The van der Waals surface area contributed by atoms with E-state index >= 15 is 0 Å². The Balaban J connectivity index is 2.15. The maximum Gasteiger partial charge on any atom is 0.265 e. The summed E-state index contributed by atoms with van der Waals surface area (Å²) in [6, 6.07) is 4.46. The number of nitrogens with one attached hydrogen (secondary N) is 2. The van der Waals surface area contributed by atoms with Crippen molar-refractivity contribution in [3.63, 3.8) is 0 Å². The van der Waals surface area contributed by atoms with E-state index in [4.69, 9.17) is 10.5 Å². The maximum atomic E-state index is 12.1. The molecule has 0 saturated heterocycles. The van der Waals surface area contributed by atoms with Crippen molar-refractivity contribution in [2.45, 2.75) is 39.8 Å². The summed E-state index contributed by atoms with van der Waals surface area (Å²) >= 11 is 0. The number of carbonyl (C=O) groups is 2. The minimum atomic E-state index is -0.626. The van der Waals surface area contributed by atoms with Crippen molar-refractivity contribution in [3.05, 3.63) is 18.2 Å². The second kappa shape index (κ2) is 5.37. The van der Waals surface area contributed by atoms with Crippen LogP contribution in [0.1, 0.15) is 27.7 Å². The highest BCUT2D eigenvalue weighted by atomic mass is 16.5. The molecule has 0 radical (unpaired) electrons. The number of hydrogen-bond acceptors (Lipinski definition) is 4. The molecule has 1 aromatic carbocycles. The highest BCUT2D eigenvalue weighted by Gasteiger charge is 2.28. The van der Waals surface area contributed by atoms with Gasteiger partial charge in [0.25, 0.3) is 5.91 Å². The van der Waals surface area contributed by atoms with Gasteiger partial charge in [0.15, 0.2) is 6.10 Å². The summed E-state index contributed by atoms with van der Waals surface area (Å²) in [7, 11) is 0. The average molecular weight is 291 g/mol. The number of amides is 2. The molecule has 2 rings (SSSR count). The summed E-state index contributed by atoms with van der Waals surface area (Å²) < 4.78 is 5.46. The van der Waals surface area contributed by atoms with E-state index in [0.717, 1.165) is 0 Å². The molecule has 6 heteroatoms. The Labute approximate surface area is 124 Å². The van der Waals surface area contributed by atoms with Gasteiger partial charge in [-0.25, -0.2) is 0 Å². The molecular formula is C15H21N3O3. The van der Waals surface area contributed by atoms with Crippen LogP contribution in [0.4, 0.5) is 11.4 Å². The van der Waals surface area contributed by atoms with Crippen molar-refractivity contribution in [1.82, 2.24) is 0 Å². The first kappa shape index (κ1) is 15.3. The molecule has 114 valence electrons. The zero-order chi connectivity index (χ0) is 15.8. The summed E-state index contributed by atoms with van der Waals surface area (Å²) in [5.74, 6) is 0.108. The van der Waals surface area contributed by atoms with Gasteiger partial charge in [-0.3, -0.25) is 9.59 Å². The van der Waals surface area contributed by atoms with Gasteiger partial charge in [0.05, 0.1) is 11.7 Å². The van der Waals surface area contributed by atoms with Gasteiger partial charge in [0.2, 0.25) is 5.91 Å². The van der Waals surface area contributed by atoms with Crippen molar-refractivity contribution in [3.8, 4) is 5.75 Å². The molecule has 0 fully saturated rings. The van der Waals surface area contributed by atoms with Crippen molar-refractivity contribution in [2.75, 3.05) is 10.6 Å². The van der Waals surface area contributed by atoms with Crippen LogP contribution in [-0.2, 0) is 9.59 Å². The van der Waals surface area contributed by atoms with Crippen LogP contribution < -0.4 is 21.1 Å². The molecule has 0 bridgehead atoms. The molecule has 1 aliphatic heterocycles. The lowest BCUT2D eigenvalue weighted by atomic mass is 9.87. The van der Waals surface area contributed by atoms with Gasteiger partial charge in [0.1, 0.15) is 5.75 Å². The second-order valence-corrected chi connectivity index (χ2v) is 6.29. The monoisotopic (exact) mass is 291 g/mol. The Bertz CT molecular complexity index is 578. The molecule has 0 aliphatic carbocycles. The average Bonchev–Trinajstić information content (AvgIpc) is 2.38. The number of benzene rings is 1. The van der Waals surface area contributed by atoms with Gasteiger partial charge in [-0.2, -0.15) is 0 Å². The van der Waals surface area contributed by atoms with Gasteiger partial charge in [-0.15, -0.1) is 0 Å². The van der Waals surface area contributed by atoms with Crippen LogP contribution in [0.3, 0.4) is 0 Å². The maximum absolute atomic E-state index is 12.1. The van der Waals surface area contributed by atoms with E-state index in [0.29, 0.717) is 17.1 Å². The zero-order valence-corrected chi connectivity index (χ0v) is 12.7. The van der Waals surface area contributed by atoms with Crippen molar-refractivity contribution < 1.29 is 14.3 Å². The topological polar surface area (TPSA) is 93.4 Å². The quantitative estimate of drug-likeness (QED) is 0.773. The van der Waals surface area contributed by atoms with E-state index in [2.05, 4.69) is 10.6 Å². The first-order valence-electron chi connectivity index (χ1n) is 6.86. The first-order chi connectivity index (χ1) is 9.68.